The van der Waals surface area contributed by atoms with Crippen molar-refractivity contribution < 1.29 is 9.59 Å². The average molecular weight is 426 g/mol. The summed E-state index contributed by atoms with van der Waals surface area (Å²) in [6, 6.07) is 3.30. The van der Waals surface area contributed by atoms with E-state index in [2.05, 4.69) is 32.5 Å². The Balaban J connectivity index is 1.16. The molecule has 1 aliphatic heterocycles. The van der Waals surface area contributed by atoms with E-state index in [-0.39, 0.29) is 17.2 Å². The van der Waals surface area contributed by atoms with Gasteiger partial charge in [-0.15, -0.1) is 0 Å². The molecule has 7 heteroatoms. The number of hydrogen-bond donors (Lipinski definition) is 2. The van der Waals surface area contributed by atoms with Crippen molar-refractivity contribution in [3.05, 3.63) is 18.3 Å². The number of anilines is 2. The van der Waals surface area contributed by atoms with Crippen LogP contribution < -0.4 is 15.5 Å². The van der Waals surface area contributed by atoms with Crippen molar-refractivity contribution in [3.8, 4) is 0 Å². The number of likely N-dealkylation sites (N-methyl/N-ethyl adjacent to an activating group) is 1. The van der Waals surface area contributed by atoms with Crippen LogP contribution in [0, 0.1) is 23.2 Å². The van der Waals surface area contributed by atoms with Crippen molar-refractivity contribution >= 4 is 23.3 Å². The molecule has 2 N–H and O–H groups in total. The van der Waals surface area contributed by atoms with Gasteiger partial charge in [0, 0.05) is 31.6 Å². The van der Waals surface area contributed by atoms with Gasteiger partial charge < -0.3 is 20.4 Å². The summed E-state index contributed by atoms with van der Waals surface area (Å²) in [5.74, 6) is 2.99. The minimum Gasteiger partial charge on any atom is -0.354 e. The molecule has 0 spiro atoms. The molecule has 2 amide bonds. The third-order valence-electron chi connectivity index (χ3n) is 8.10. The SMILES string of the molecule is C[C@@H](NC(=O)C12CC3CC(CC(C3)C1)C2)C(=O)Nc1ccc(N2CCN(C)CC2)nc1. The first-order valence-corrected chi connectivity index (χ1v) is 11.9. The second-order valence-corrected chi connectivity index (χ2v) is 10.6. The van der Waals surface area contributed by atoms with Gasteiger partial charge in [-0.1, -0.05) is 0 Å². The van der Waals surface area contributed by atoms with Gasteiger partial charge in [0.25, 0.3) is 0 Å². The van der Waals surface area contributed by atoms with Gasteiger partial charge in [-0.3, -0.25) is 9.59 Å². The molecule has 1 aromatic rings. The van der Waals surface area contributed by atoms with Gasteiger partial charge in [-0.25, -0.2) is 4.98 Å². The van der Waals surface area contributed by atoms with E-state index in [1.807, 2.05) is 12.1 Å². The molecule has 0 aromatic carbocycles. The van der Waals surface area contributed by atoms with Gasteiger partial charge >= 0.3 is 0 Å². The highest BCUT2D eigenvalue weighted by Crippen LogP contribution is 2.60. The molecule has 168 valence electrons. The molecule has 5 aliphatic rings. The number of aromatic nitrogens is 1. The lowest BCUT2D eigenvalue weighted by Gasteiger charge is -2.55. The zero-order chi connectivity index (χ0) is 21.6. The topological polar surface area (TPSA) is 77.6 Å². The third-order valence-corrected chi connectivity index (χ3v) is 8.10. The van der Waals surface area contributed by atoms with Crippen LogP contribution in [-0.2, 0) is 9.59 Å². The Kier molecular flexibility index (Phi) is 5.40. The minimum absolute atomic E-state index is 0.0952. The highest BCUT2D eigenvalue weighted by atomic mass is 16.2. The lowest BCUT2D eigenvalue weighted by molar-refractivity contribution is -0.147. The number of piperazine rings is 1. The third kappa shape index (κ3) is 4.16. The van der Waals surface area contributed by atoms with Crippen LogP contribution in [0.25, 0.3) is 0 Å². The summed E-state index contributed by atoms with van der Waals surface area (Å²) >= 11 is 0. The zero-order valence-electron chi connectivity index (χ0n) is 18.8. The Morgan fingerprint density at radius 3 is 2.19 bits per heavy atom. The minimum atomic E-state index is -0.558. The lowest BCUT2D eigenvalue weighted by Crippen LogP contribution is -2.56. The molecule has 4 aliphatic carbocycles. The summed E-state index contributed by atoms with van der Waals surface area (Å²) in [7, 11) is 2.13. The van der Waals surface area contributed by atoms with Crippen LogP contribution >= 0.6 is 0 Å². The first-order chi connectivity index (χ1) is 14.9. The van der Waals surface area contributed by atoms with Crippen molar-refractivity contribution in [2.24, 2.45) is 23.2 Å². The maximum Gasteiger partial charge on any atom is 0.246 e. The summed E-state index contributed by atoms with van der Waals surface area (Å²) in [6.07, 6.45) is 8.66. The van der Waals surface area contributed by atoms with Gasteiger partial charge in [0.1, 0.15) is 11.9 Å². The zero-order valence-corrected chi connectivity index (χ0v) is 18.8. The monoisotopic (exact) mass is 425 g/mol. The van der Waals surface area contributed by atoms with Gasteiger partial charge in [-0.2, -0.15) is 0 Å². The first-order valence-electron chi connectivity index (χ1n) is 11.9. The van der Waals surface area contributed by atoms with Crippen LogP contribution in [0.3, 0.4) is 0 Å². The summed E-state index contributed by atoms with van der Waals surface area (Å²) < 4.78 is 0. The van der Waals surface area contributed by atoms with Crippen LogP contribution in [-0.4, -0.2) is 61.0 Å². The maximum absolute atomic E-state index is 13.2. The molecule has 4 bridgehead atoms. The number of rotatable bonds is 5. The van der Waals surface area contributed by atoms with Gasteiger partial charge in [0.2, 0.25) is 11.8 Å². The van der Waals surface area contributed by atoms with Crippen LogP contribution in [0.4, 0.5) is 11.5 Å². The quantitative estimate of drug-likeness (QED) is 0.758. The van der Waals surface area contributed by atoms with E-state index in [4.69, 9.17) is 0 Å². The summed E-state index contributed by atoms with van der Waals surface area (Å²) in [4.78, 5) is 35.0. The van der Waals surface area contributed by atoms with Gasteiger partial charge in [0.05, 0.1) is 11.9 Å². The molecule has 31 heavy (non-hydrogen) atoms. The second kappa shape index (κ2) is 8.08. The number of nitrogens with one attached hydrogen (secondary N) is 2. The van der Waals surface area contributed by atoms with Crippen molar-refractivity contribution in [2.75, 3.05) is 43.4 Å². The van der Waals surface area contributed by atoms with E-state index < -0.39 is 6.04 Å². The largest absolute Gasteiger partial charge is 0.354 e. The Morgan fingerprint density at radius 1 is 1.03 bits per heavy atom. The number of hydrogen-bond acceptors (Lipinski definition) is 5. The van der Waals surface area contributed by atoms with Crippen LogP contribution in [0.1, 0.15) is 45.4 Å². The highest BCUT2D eigenvalue weighted by molar-refractivity contribution is 5.97. The predicted octanol–water partition coefficient (Wildman–Crippen LogP) is 2.49. The van der Waals surface area contributed by atoms with Crippen LogP contribution in [0.2, 0.25) is 0 Å². The normalized spacial score (nSPS) is 33.2. The fourth-order valence-corrected chi connectivity index (χ4v) is 6.74. The molecule has 1 aromatic heterocycles. The van der Waals surface area contributed by atoms with E-state index in [1.54, 1.807) is 13.1 Å². The van der Waals surface area contributed by atoms with Crippen molar-refractivity contribution in [2.45, 2.75) is 51.5 Å². The molecule has 6 rings (SSSR count). The van der Waals surface area contributed by atoms with Crippen LogP contribution in [0.15, 0.2) is 18.3 Å². The fraction of sp³-hybridized carbons (Fsp3) is 0.708. The summed E-state index contributed by atoms with van der Waals surface area (Å²) in [5.41, 5.74) is 0.438. The summed E-state index contributed by atoms with van der Waals surface area (Å²) in [5, 5.41) is 5.96. The molecule has 1 atom stereocenters. The molecule has 2 heterocycles. The maximum atomic E-state index is 13.2. The molecule has 0 radical (unpaired) electrons. The van der Waals surface area contributed by atoms with Crippen molar-refractivity contribution in [3.63, 3.8) is 0 Å². The molecule has 5 fully saturated rings. The standard InChI is InChI=1S/C24H35N5O2/c1-16(26-23(31)24-12-17-9-18(13-24)11-19(10-17)14-24)22(30)27-20-3-4-21(25-15-20)29-7-5-28(2)6-8-29/h3-4,15-19H,5-14H2,1-2H3,(H,26,31)(H,27,30)/t16-,17?,18?,19?,24?/m1/s1. The molecule has 7 nitrogen and oxygen atoms in total. The molecule has 1 saturated heterocycles. The Hall–Kier alpha value is -2.15. The average Bonchev–Trinajstić information content (AvgIpc) is 2.74. The number of carbonyl (C=O) groups excluding carboxylic acids is 2. The van der Waals surface area contributed by atoms with E-state index in [1.165, 1.54) is 19.3 Å². The number of carbonyl (C=O) groups is 2. The number of amides is 2. The van der Waals surface area contributed by atoms with E-state index >= 15 is 0 Å². The first kappa shape index (κ1) is 20.7. The molecular formula is C24H35N5O2. The lowest BCUT2D eigenvalue weighted by atomic mass is 9.49. The van der Waals surface area contributed by atoms with Crippen LogP contribution in [0.5, 0.6) is 0 Å². The Labute approximate surface area is 185 Å². The molecule has 0 unspecified atom stereocenters. The Morgan fingerprint density at radius 2 is 1.65 bits per heavy atom. The van der Waals surface area contributed by atoms with E-state index in [9.17, 15) is 9.59 Å². The second-order valence-electron chi connectivity index (χ2n) is 10.6. The van der Waals surface area contributed by atoms with Crippen molar-refractivity contribution in [1.82, 2.24) is 15.2 Å². The smallest absolute Gasteiger partial charge is 0.246 e. The number of pyridine rings is 1. The van der Waals surface area contributed by atoms with Crippen molar-refractivity contribution in [1.29, 1.82) is 0 Å². The summed E-state index contributed by atoms with van der Waals surface area (Å²) in [6.45, 7) is 5.76. The fourth-order valence-electron chi connectivity index (χ4n) is 6.74. The van der Waals surface area contributed by atoms with Gasteiger partial charge in [0.15, 0.2) is 0 Å². The van der Waals surface area contributed by atoms with E-state index in [0.717, 1.165) is 51.3 Å². The highest BCUT2D eigenvalue weighted by Gasteiger charge is 2.54. The van der Waals surface area contributed by atoms with Gasteiger partial charge in [-0.05, 0) is 82.4 Å². The predicted molar refractivity (Wildman–Crippen MR) is 121 cm³/mol. The molecular weight excluding hydrogens is 390 g/mol. The number of nitrogens with zero attached hydrogens (tertiary/aromatic N) is 3. The van der Waals surface area contributed by atoms with E-state index in [0.29, 0.717) is 23.4 Å². The Bertz CT molecular complexity index is 796. The molecule has 4 saturated carbocycles.